The average molecular weight is 356 g/mol. The van der Waals surface area contributed by atoms with Crippen LogP contribution in [0.1, 0.15) is 31.4 Å². The van der Waals surface area contributed by atoms with Crippen LogP contribution in [0.25, 0.3) is 0 Å². The summed E-state index contributed by atoms with van der Waals surface area (Å²) in [5.41, 5.74) is 6.48. The monoisotopic (exact) mass is 356 g/mol. The Kier molecular flexibility index (Phi) is 9.78. The summed E-state index contributed by atoms with van der Waals surface area (Å²) >= 11 is 0. The second kappa shape index (κ2) is 11.6. The molecule has 142 valence electrons. The molecule has 0 spiro atoms. The van der Waals surface area contributed by atoms with Crippen LogP contribution in [0, 0.1) is 10.1 Å². The molecule has 0 saturated carbocycles. The Balaban J connectivity index is 2.92. The standard InChI is InChI=1S/C16H28N4O5/c1-2-3-10-25-14(11-22)12-4-5-13(16(15(12)17)20(23)24)19-7-6-18-8-9-21/h4-5,14,18-19,21-22H,2-3,6-11,17H2,1H3. The van der Waals surface area contributed by atoms with Gasteiger partial charge in [-0.3, -0.25) is 10.1 Å². The van der Waals surface area contributed by atoms with Gasteiger partial charge in [-0.25, -0.2) is 0 Å². The Labute approximate surface area is 147 Å². The molecule has 1 rings (SSSR count). The van der Waals surface area contributed by atoms with Crippen molar-refractivity contribution in [2.75, 3.05) is 50.5 Å². The van der Waals surface area contributed by atoms with Gasteiger partial charge >= 0.3 is 5.69 Å². The quantitative estimate of drug-likeness (QED) is 0.153. The third kappa shape index (κ3) is 6.46. The largest absolute Gasteiger partial charge is 0.395 e. The second-order valence-corrected chi connectivity index (χ2v) is 5.52. The van der Waals surface area contributed by atoms with E-state index in [4.69, 9.17) is 15.6 Å². The summed E-state index contributed by atoms with van der Waals surface area (Å²) in [6.45, 7) is 3.64. The zero-order valence-electron chi connectivity index (χ0n) is 14.5. The number of aliphatic hydroxyl groups excluding tert-OH is 2. The molecule has 6 N–H and O–H groups in total. The van der Waals surface area contributed by atoms with E-state index in [1.165, 1.54) is 0 Å². The molecule has 9 nitrogen and oxygen atoms in total. The van der Waals surface area contributed by atoms with Crippen LogP contribution >= 0.6 is 0 Å². The highest BCUT2D eigenvalue weighted by atomic mass is 16.6. The van der Waals surface area contributed by atoms with E-state index in [0.29, 0.717) is 37.5 Å². The summed E-state index contributed by atoms with van der Waals surface area (Å²) in [6, 6.07) is 3.21. The molecule has 1 aromatic rings. The Bertz CT molecular complexity index is 542. The number of rotatable bonds is 13. The minimum absolute atomic E-state index is 0.00568. The molecule has 9 heteroatoms. The smallest absolute Gasteiger partial charge is 0.315 e. The van der Waals surface area contributed by atoms with Crippen molar-refractivity contribution in [3.05, 3.63) is 27.8 Å². The number of nitrogens with two attached hydrogens (primary N) is 1. The molecule has 1 aromatic carbocycles. The summed E-state index contributed by atoms with van der Waals surface area (Å²) < 4.78 is 5.59. The molecular weight excluding hydrogens is 328 g/mol. The van der Waals surface area contributed by atoms with Gasteiger partial charge in [0.1, 0.15) is 17.5 Å². The van der Waals surface area contributed by atoms with Crippen LogP contribution in [-0.2, 0) is 4.74 Å². The Morgan fingerprint density at radius 3 is 2.68 bits per heavy atom. The fourth-order valence-electron chi connectivity index (χ4n) is 2.34. The molecule has 1 atom stereocenters. The minimum Gasteiger partial charge on any atom is -0.395 e. The number of unbranched alkanes of at least 4 members (excludes halogenated alkanes) is 1. The van der Waals surface area contributed by atoms with Crippen LogP contribution in [0.4, 0.5) is 17.1 Å². The third-order valence-corrected chi connectivity index (χ3v) is 3.67. The summed E-state index contributed by atoms with van der Waals surface area (Å²) in [5, 5.41) is 35.6. The first-order valence-corrected chi connectivity index (χ1v) is 8.41. The summed E-state index contributed by atoms with van der Waals surface area (Å²) in [7, 11) is 0. The van der Waals surface area contributed by atoms with Gasteiger partial charge in [0, 0.05) is 31.8 Å². The number of ether oxygens (including phenoxy) is 1. The van der Waals surface area contributed by atoms with Crippen molar-refractivity contribution < 1.29 is 19.9 Å². The van der Waals surface area contributed by atoms with Gasteiger partial charge in [-0.15, -0.1) is 0 Å². The zero-order chi connectivity index (χ0) is 18.7. The van der Waals surface area contributed by atoms with Crippen LogP contribution in [-0.4, -0.2) is 54.6 Å². The summed E-state index contributed by atoms with van der Waals surface area (Å²) in [4.78, 5) is 10.9. The van der Waals surface area contributed by atoms with Gasteiger partial charge in [0.2, 0.25) is 0 Å². The molecule has 1 unspecified atom stereocenters. The number of anilines is 2. The van der Waals surface area contributed by atoms with Crippen molar-refractivity contribution in [1.82, 2.24) is 5.32 Å². The first kappa shape index (κ1) is 21.1. The van der Waals surface area contributed by atoms with E-state index < -0.39 is 11.0 Å². The lowest BCUT2D eigenvalue weighted by Gasteiger charge is -2.19. The summed E-state index contributed by atoms with van der Waals surface area (Å²) in [6.07, 6.45) is 1.09. The van der Waals surface area contributed by atoms with Gasteiger partial charge in [-0.05, 0) is 12.5 Å². The molecule has 0 aromatic heterocycles. The van der Waals surface area contributed by atoms with Gasteiger partial charge in [-0.1, -0.05) is 19.4 Å². The number of hydrogen-bond donors (Lipinski definition) is 5. The predicted octanol–water partition coefficient (Wildman–Crippen LogP) is 1.02. The molecule has 0 saturated heterocycles. The van der Waals surface area contributed by atoms with Gasteiger partial charge in [0.25, 0.3) is 0 Å². The van der Waals surface area contributed by atoms with Crippen LogP contribution in [0.5, 0.6) is 0 Å². The van der Waals surface area contributed by atoms with Crippen LogP contribution < -0.4 is 16.4 Å². The Morgan fingerprint density at radius 1 is 1.32 bits per heavy atom. The average Bonchev–Trinajstić information content (AvgIpc) is 2.59. The number of nitrogens with one attached hydrogen (secondary N) is 2. The van der Waals surface area contributed by atoms with Gasteiger partial charge in [0.05, 0.1) is 18.1 Å². The fourth-order valence-corrected chi connectivity index (χ4v) is 2.34. The first-order valence-electron chi connectivity index (χ1n) is 8.41. The SMILES string of the molecule is CCCCOC(CO)c1ccc(NCCNCCO)c([N+](=O)[O-])c1N. The predicted molar refractivity (Wildman–Crippen MR) is 96.6 cm³/mol. The number of nitrogen functional groups attached to an aromatic ring is 1. The molecule has 0 radical (unpaired) electrons. The second-order valence-electron chi connectivity index (χ2n) is 5.52. The number of hydrogen-bond acceptors (Lipinski definition) is 8. The maximum Gasteiger partial charge on any atom is 0.315 e. The molecule has 0 amide bonds. The Morgan fingerprint density at radius 2 is 2.08 bits per heavy atom. The number of nitro benzene ring substituents is 1. The zero-order valence-corrected chi connectivity index (χ0v) is 14.5. The van der Waals surface area contributed by atoms with E-state index in [-0.39, 0.29) is 24.6 Å². The molecule has 0 fully saturated rings. The minimum atomic E-state index is -0.689. The van der Waals surface area contributed by atoms with Crippen molar-refractivity contribution in [3.8, 4) is 0 Å². The maximum absolute atomic E-state index is 11.4. The highest BCUT2D eigenvalue weighted by Gasteiger charge is 2.25. The Hall–Kier alpha value is -1.94. The highest BCUT2D eigenvalue weighted by Crippen LogP contribution is 2.37. The molecule has 0 aliphatic carbocycles. The van der Waals surface area contributed by atoms with E-state index >= 15 is 0 Å². The number of benzene rings is 1. The molecule has 0 aliphatic heterocycles. The van der Waals surface area contributed by atoms with E-state index in [0.717, 1.165) is 12.8 Å². The fraction of sp³-hybridized carbons (Fsp3) is 0.625. The normalized spacial score (nSPS) is 12.1. The lowest BCUT2D eigenvalue weighted by molar-refractivity contribution is -0.383. The van der Waals surface area contributed by atoms with Crippen LogP contribution in [0.2, 0.25) is 0 Å². The maximum atomic E-state index is 11.4. The molecule has 0 aliphatic rings. The van der Waals surface area contributed by atoms with E-state index in [1.54, 1.807) is 12.1 Å². The topological polar surface area (TPSA) is 143 Å². The number of aliphatic hydroxyl groups is 2. The van der Waals surface area contributed by atoms with Crippen molar-refractivity contribution >= 4 is 17.1 Å². The van der Waals surface area contributed by atoms with Gasteiger partial charge in [-0.2, -0.15) is 0 Å². The number of nitrogens with zero attached hydrogens (tertiary/aromatic N) is 1. The van der Waals surface area contributed by atoms with E-state index in [1.807, 2.05) is 6.92 Å². The molecular formula is C16H28N4O5. The van der Waals surface area contributed by atoms with E-state index in [9.17, 15) is 15.2 Å². The molecule has 25 heavy (non-hydrogen) atoms. The van der Waals surface area contributed by atoms with Crippen LogP contribution in [0.3, 0.4) is 0 Å². The molecule has 0 heterocycles. The third-order valence-electron chi connectivity index (χ3n) is 3.67. The highest BCUT2D eigenvalue weighted by molar-refractivity contribution is 5.77. The first-order chi connectivity index (χ1) is 12.1. The lowest BCUT2D eigenvalue weighted by atomic mass is 10.0. The van der Waals surface area contributed by atoms with Crippen molar-refractivity contribution in [3.63, 3.8) is 0 Å². The summed E-state index contributed by atoms with van der Waals surface area (Å²) in [5.74, 6) is 0. The lowest BCUT2D eigenvalue weighted by Crippen LogP contribution is -2.25. The van der Waals surface area contributed by atoms with Crippen molar-refractivity contribution in [2.45, 2.75) is 25.9 Å². The van der Waals surface area contributed by atoms with Gasteiger partial charge in [0.15, 0.2) is 0 Å². The van der Waals surface area contributed by atoms with Crippen molar-refractivity contribution in [1.29, 1.82) is 0 Å². The number of nitro groups is 1. The van der Waals surface area contributed by atoms with E-state index in [2.05, 4.69) is 10.6 Å². The van der Waals surface area contributed by atoms with Crippen LogP contribution in [0.15, 0.2) is 12.1 Å². The van der Waals surface area contributed by atoms with Gasteiger partial charge < -0.3 is 31.3 Å². The molecule has 0 bridgehead atoms. The van der Waals surface area contributed by atoms with Crippen molar-refractivity contribution in [2.24, 2.45) is 0 Å².